The molecule has 0 spiro atoms. The minimum atomic E-state index is -0.0433. The Hall–Kier alpha value is -2.34. The summed E-state index contributed by atoms with van der Waals surface area (Å²) in [5, 5.41) is 0. The summed E-state index contributed by atoms with van der Waals surface area (Å²) >= 11 is 0. The van der Waals surface area contributed by atoms with Crippen LogP contribution >= 0.6 is 0 Å². The SMILES string of the molecule is Cc1nc(-c2ccc(OCCCN3CCCC3C)cc2)oc1C(=O)N1CCCCC1. The van der Waals surface area contributed by atoms with E-state index in [1.807, 2.05) is 36.1 Å². The van der Waals surface area contributed by atoms with Crippen LogP contribution in [-0.2, 0) is 0 Å². The van der Waals surface area contributed by atoms with Crippen LogP contribution < -0.4 is 4.74 Å². The maximum absolute atomic E-state index is 12.8. The van der Waals surface area contributed by atoms with E-state index in [1.165, 1.54) is 25.8 Å². The number of aromatic nitrogens is 1. The summed E-state index contributed by atoms with van der Waals surface area (Å²) < 4.78 is 11.8. The Morgan fingerprint density at radius 2 is 1.90 bits per heavy atom. The lowest BCUT2D eigenvalue weighted by atomic mass is 10.1. The molecule has 2 saturated heterocycles. The molecule has 6 nitrogen and oxygen atoms in total. The van der Waals surface area contributed by atoms with E-state index in [0.29, 0.717) is 23.4 Å². The summed E-state index contributed by atoms with van der Waals surface area (Å²) in [6, 6.07) is 8.48. The topological polar surface area (TPSA) is 58.8 Å². The smallest absolute Gasteiger partial charge is 0.291 e. The van der Waals surface area contributed by atoms with Crippen molar-refractivity contribution < 1.29 is 13.9 Å². The second-order valence-electron chi connectivity index (χ2n) is 8.54. The number of aryl methyl sites for hydroxylation is 1. The van der Waals surface area contributed by atoms with Crippen molar-refractivity contribution in [3.05, 3.63) is 35.7 Å². The third-order valence-corrected chi connectivity index (χ3v) is 6.28. The Kier molecular flexibility index (Phi) is 6.72. The molecule has 6 heteroatoms. The minimum Gasteiger partial charge on any atom is -0.494 e. The molecule has 0 saturated carbocycles. The number of nitrogens with zero attached hydrogens (tertiary/aromatic N) is 3. The number of amides is 1. The lowest BCUT2D eigenvalue weighted by Crippen LogP contribution is -2.35. The molecule has 1 aromatic heterocycles. The van der Waals surface area contributed by atoms with Crippen molar-refractivity contribution in [2.24, 2.45) is 0 Å². The monoisotopic (exact) mass is 411 g/mol. The quantitative estimate of drug-likeness (QED) is 0.627. The number of likely N-dealkylation sites (tertiary alicyclic amines) is 2. The molecular formula is C24H33N3O3. The van der Waals surface area contributed by atoms with Crippen molar-refractivity contribution in [3.8, 4) is 17.2 Å². The van der Waals surface area contributed by atoms with E-state index in [0.717, 1.165) is 56.8 Å². The molecule has 2 aliphatic heterocycles. The van der Waals surface area contributed by atoms with Crippen LogP contribution in [-0.4, -0.2) is 59.5 Å². The predicted molar refractivity (Wildman–Crippen MR) is 117 cm³/mol. The zero-order valence-electron chi connectivity index (χ0n) is 18.2. The third kappa shape index (κ3) is 4.86. The molecule has 2 aromatic rings. The molecule has 0 radical (unpaired) electrons. The number of piperidine rings is 1. The highest BCUT2D eigenvalue weighted by atomic mass is 16.5. The first-order chi connectivity index (χ1) is 14.6. The molecule has 1 unspecified atom stereocenters. The summed E-state index contributed by atoms with van der Waals surface area (Å²) in [7, 11) is 0. The summed E-state index contributed by atoms with van der Waals surface area (Å²) in [5.74, 6) is 1.66. The van der Waals surface area contributed by atoms with Crippen LogP contribution in [0.5, 0.6) is 5.75 Å². The first-order valence-electron chi connectivity index (χ1n) is 11.4. The van der Waals surface area contributed by atoms with Gasteiger partial charge in [0.25, 0.3) is 5.91 Å². The first kappa shape index (κ1) is 20.9. The number of hydrogen-bond donors (Lipinski definition) is 0. The molecule has 0 N–H and O–H groups in total. The molecule has 0 aliphatic carbocycles. The van der Waals surface area contributed by atoms with Gasteiger partial charge in [-0.2, -0.15) is 0 Å². The molecule has 30 heavy (non-hydrogen) atoms. The van der Waals surface area contributed by atoms with E-state index in [4.69, 9.17) is 9.15 Å². The Bertz CT molecular complexity index is 840. The van der Waals surface area contributed by atoms with Gasteiger partial charge in [-0.05, 0) is 83.2 Å². The molecular weight excluding hydrogens is 378 g/mol. The first-order valence-corrected chi connectivity index (χ1v) is 11.4. The van der Waals surface area contributed by atoms with Crippen molar-refractivity contribution >= 4 is 5.91 Å². The summed E-state index contributed by atoms with van der Waals surface area (Å²) in [5.41, 5.74) is 1.51. The molecule has 2 aliphatic rings. The second kappa shape index (κ2) is 9.65. The average Bonchev–Trinajstić information content (AvgIpc) is 3.37. The third-order valence-electron chi connectivity index (χ3n) is 6.28. The number of ether oxygens (including phenoxy) is 1. The van der Waals surface area contributed by atoms with E-state index < -0.39 is 0 Å². The van der Waals surface area contributed by atoms with E-state index in [-0.39, 0.29) is 5.91 Å². The molecule has 2 fully saturated rings. The fourth-order valence-electron chi connectivity index (χ4n) is 4.44. The average molecular weight is 412 g/mol. The van der Waals surface area contributed by atoms with Crippen molar-refractivity contribution in [2.45, 2.75) is 58.4 Å². The number of oxazole rings is 1. The van der Waals surface area contributed by atoms with Crippen LogP contribution in [0.25, 0.3) is 11.5 Å². The maximum Gasteiger partial charge on any atom is 0.291 e. The van der Waals surface area contributed by atoms with Gasteiger partial charge in [0.1, 0.15) is 5.75 Å². The maximum atomic E-state index is 12.8. The largest absolute Gasteiger partial charge is 0.494 e. The van der Waals surface area contributed by atoms with E-state index in [1.54, 1.807) is 0 Å². The van der Waals surface area contributed by atoms with Crippen LogP contribution in [0.2, 0.25) is 0 Å². The molecule has 0 bridgehead atoms. The van der Waals surface area contributed by atoms with Gasteiger partial charge >= 0.3 is 0 Å². The van der Waals surface area contributed by atoms with Gasteiger partial charge in [0.05, 0.1) is 12.3 Å². The Labute approximate surface area is 179 Å². The number of hydrogen-bond acceptors (Lipinski definition) is 5. The van der Waals surface area contributed by atoms with Crippen molar-refractivity contribution in [2.75, 3.05) is 32.8 Å². The molecule has 1 atom stereocenters. The number of benzene rings is 1. The summed E-state index contributed by atoms with van der Waals surface area (Å²) in [6.07, 6.45) is 6.97. The van der Waals surface area contributed by atoms with Crippen molar-refractivity contribution in [1.82, 2.24) is 14.8 Å². The van der Waals surface area contributed by atoms with Gasteiger partial charge in [-0.25, -0.2) is 4.98 Å². The van der Waals surface area contributed by atoms with Gasteiger partial charge in [0.2, 0.25) is 11.7 Å². The fourth-order valence-corrected chi connectivity index (χ4v) is 4.44. The fraction of sp³-hybridized carbons (Fsp3) is 0.583. The van der Waals surface area contributed by atoms with Crippen LogP contribution in [0.1, 0.15) is 61.7 Å². The Morgan fingerprint density at radius 3 is 2.60 bits per heavy atom. The highest BCUT2D eigenvalue weighted by molar-refractivity contribution is 5.93. The lowest BCUT2D eigenvalue weighted by Gasteiger charge is -2.25. The summed E-state index contributed by atoms with van der Waals surface area (Å²) in [4.78, 5) is 21.7. The van der Waals surface area contributed by atoms with E-state index in [9.17, 15) is 4.79 Å². The van der Waals surface area contributed by atoms with E-state index in [2.05, 4.69) is 16.8 Å². The van der Waals surface area contributed by atoms with Gasteiger partial charge < -0.3 is 19.0 Å². The van der Waals surface area contributed by atoms with Crippen LogP contribution in [0.3, 0.4) is 0 Å². The zero-order valence-corrected chi connectivity index (χ0v) is 18.2. The lowest BCUT2D eigenvalue weighted by molar-refractivity contribution is 0.0692. The van der Waals surface area contributed by atoms with Crippen LogP contribution in [0, 0.1) is 6.92 Å². The van der Waals surface area contributed by atoms with Gasteiger partial charge in [-0.3, -0.25) is 4.79 Å². The highest BCUT2D eigenvalue weighted by Crippen LogP contribution is 2.26. The van der Waals surface area contributed by atoms with Gasteiger partial charge in [-0.15, -0.1) is 0 Å². The molecule has 3 heterocycles. The van der Waals surface area contributed by atoms with Gasteiger partial charge in [0, 0.05) is 31.2 Å². The standard InChI is InChI=1S/C24H33N3O3/c1-18-8-6-15-26(18)16-7-17-29-21-11-9-20(10-12-21)23-25-19(2)22(30-23)24(28)27-13-4-3-5-14-27/h9-12,18H,3-8,13-17H2,1-2H3. The number of carbonyl (C=O) groups excluding carboxylic acids is 1. The molecule has 162 valence electrons. The predicted octanol–water partition coefficient (Wildman–Crippen LogP) is 4.53. The second-order valence-corrected chi connectivity index (χ2v) is 8.54. The summed E-state index contributed by atoms with van der Waals surface area (Å²) in [6.45, 7) is 8.78. The highest BCUT2D eigenvalue weighted by Gasteiger charge is 2.25. The Morgan fingerprint density at radius 1 is 1.13 bits per heavy atom. The van der Waals surface area contributed by atoms with Gasteiger partial charge in [-0.1, -0.05) is 0 Å². The number of rotatable bonds is 7. The van der Waals surface area contributed by atoms with E-state index >= 15 is 0 Å². The molecule has 1 aromatic carbocycles. The van der Waals surface area contributed by atoms with Crippen molar-refractivity contribution in [1.29, 1.82) is 0 Å². The minimum absolute atomic E-state index is 0.0433. The van der Waals surface area contributed by atoms with Crippen LogP contribution in [0.4, 0.5) is 0 Å². The normalized spacial score (nSPS) is 19.9. The zero-order chi connectivity index (χ0) is 20.9. The molecule has 1 amide bonds. The van der Waals surface area contributed by atoms with Crippen LogP contribution in [0.15, 0.2) is 28.7 Å². The Balaban J connectivity index is 1.32. The molecule has 4 rings (SSSR count). The number of carbonyl (C=O) groups is 1. The van der Waals surface area contributed by atoms with Gasteiger partial charge in [0.15, 0.2) is 0 Å². The van der Waals surface area contributed by atoms with Crippen molar-refractivity contribution in [3.63, 3.8) is 0 Å².